The van der Waals surface area contributed by atoms with Crippen molar-refractivity contribution >= 4 is 0 Å². The molecule has 0 amide bonds. The van der Waals surface area contributed by atoms with Crippen molar-refractivity contribution < 1.29 is 14.6 Å². The Morgan fingerprint density at radius 2 is 2.11 bits per heavy atom. The Morgan fingerprint density at radius 1 is 1.26 bits per heavy atom. The highest BCUT2D eigenvalue weighted by molar-refractivity contribution is 5.17. The number of aliphatic hydroxyl groups excluding tert-OH is 1. The lowest BCUT2D eigenvalue weighted by Gasteiger charge is -2.37. The van der Waals surface area contributed by atoms with Crippen molar-refractivity contribution in [2.75, 3.05) is 19.8 Å². The Labute approximate surface area is 114 Å². The van der Waals surface area contributed by atoms with E-state index in [1.54, 1.807) is 0 Å². The normalized spacial score (nSPS) is 32.6. The summed E-state index contributed by atoms with van der Waals surface area (Å²) in [5.74, 6) is 0.533. The number of aliphatic hydroxyl groups is 1. The van der Waals surface area contributed by atoms with Crippen LogP contribution in [0.1, 0.15) is 37.4 Å². The zero-order chi connectivity index (χ0) is 13.1. The maximum Gasteiger partial charge on any atom is 0.0939 e. The van der Waals surface area contributed by atoms with Crippen LogP contribution < -0.4 is 0 Å². The van der Waals surface area contributed by atoms with Gasteiger partial charge in [-0.15, -0.1) is 0 Å². The van der Waals surface area contributed by atoms with Gasteiger partial charge in [-0.25, -0.2) is 0 Å². The summed E-state index contributed by atoms with van der Waals surface area (Å²) in [5.41, 5.74) is 0.963. The minimum Gasteiger partial charge on any atom is -0.388 e. The van der Waals surface area contributed by atoms with Gasteiger partial charge in [0, 0.05) is 19.6 Å². The summed E-state index contributed by atoms with van der Waals surface area (Å²) in [6, 6.07) is 9.94. The third-order valence-electron chi connectivity index (χ3n) is 4.40. The SMILES string of the molecule is OC(CC1CCOC2(CCOC2)C1)c1ccccc1. The zero-order valence-corrected chi connectivity index (χ0v) is 11.3. The fraction of sp³-hybridized carbons (Fsp3) is 0.625. The summed E-state index contributed by atoms with van der Waals surface area (Å²) in [6.07, 6.45) is 3.55. The summed E-state index contributed by atoms with van der Waals surface area (Å²) in [7, 11) is 0. The van der Waals surface area contributed by atoms with Gasteiger partial charge < -0.3 is 14.6 Å². The second-order valence-electron chi connectivity index (χ2n) is 5.86. The van der Waals surface area contributed by atoms with Crippen molar-refractivity contribution in [3.05, 3.63) is 35.9 Å². The van der Waals surface area contributed by atoms with E-state index in [-0.39, 0.29) is 11.7 Å². The maximum atomic E-state index is 10.3. The molecule has 104 valence electrons. The summed E-state index contributed by atoms with van der Waals surface area (Å²) in [5, 5.41) is 10.3. The molecule has 3 nitrogen and oxygen atoms in total. The molecule has 0 bridgehead atoms. The van der Waals surface area contributed by atoms with Gasteiger partial charge in [-0.05, 0) is 30.7 Å². The van der Waals surface area contributed by atoms with Crippen molar-refractivity contribution in [2.45, 2.75) is 37.4 Å². The lowest BCUT2D eigenvalue weighted by Crippen LogP contribution is -2.40. The molecular weight excluding hydrogens is 240 g/mol. The van der Waals surface area contributed by atoms with Gasteiger partial charge in [-0.1, -0.05) is 30.3 Å². The monoisotopic (exact) mass is 262 g/mol. The predicted octanol–water partition coefficient (Wildman–Crippen LogP) is 2.70. The fourth-order valence-corrected chi connectivity index (χ4v) is 3.32. The average molecular weight is 262 g/mol. The first-order valence-corrected chi connectivity index (χ1v) is 7.22. The van der Waals surface area contributed by atoms with Crippen LogP contribution in [-0.2, 0) is 9.47 Å². The molecule has 3 rings (SSSR count). The zero-order valence-electron chi connectivity index (χ0n) is 11.3. The van der Waals surface area contributed by atoms with Crippen molar-refractivity contribution in [3.8, 4) is 0 Å². The van der Waals surface area contributed by atoms with E-state index in [4.69, 9.17) is 9.47 Å². The highest BCUT2D eigenvalue weighted by atomic mass is 16.6. The second-order valence-corrected chi connectivity index (χ2v) is 5.86. The third-order valence-corrected chi connectivity index (χ3v) is 4.40. The topological polar surface area (TPSA) is 38.7 Å². The standard InChI is InChI=1S/C16H22O3/c17-15(14-4-2-1-3-5-14)10-13-6-8-19-16(11-13)7-9-18-12-16/h1-5,13,15,17H,6-12H2. The summed E-state index contributed by atoms with van der Waals surface area (Å²) in [4.78, 5) is 0. The van der Waals surface area contributed by atoms with E-state index in [9.17, 15) is 5.11 Å². The van der Waals surface area contributed by atoms with Gasteiger partial charge in [0.05, 0.1) is 18.3 Å². The van der Waals surface area contributed by atoms with Crippen LogP contribution in [0.4, 0.5) is 0 Å². The van der Waals surface area contributed by atoms with Crippen LogP contribution >= 0.6 is 0 Å². The maximum absolute atomic E-state index is 10.3. The van der Waals surface area contributed by atoms with Crippen molar-refractivity contribution in [2.24, 2.45) is 5.92 Å². The summed E-state index contributed by atoms with van der Waals surface area (Å²) in [6.45, 7) is 2.34. The first-order valence-electron chi connectivity index (χ1n) is 7.22. The van der Waals surface area contributed by atoms with Gasteiger partial charge in [-0.2, -0.15) is 0 Å². The molecule has 0 aliphatic carbocycles. The van der Waals surface area contributed by atoms with Crippen LogP contribution in [0, 0.1) is 5.92 Å². The Morgan fingerprint density at radius 3 is 2.84 bits per heavy atom. The molecule has 3 atom stereocenters. The largest absolute Gasteiger partial charge is 0.388 e. The molecule has 2 heterocycles. The molecule has 2 saturated heterocycles. The fourth-order valence-electron chi connectivity index (χ4n) is 3.32. The first-order chi connectivity index (χ1) is 9.27. The van der Waals surface area contributed by atoms with Crippen LogP contribution in [-0.4, -0.2) is 30.5 Å². The molecule has 3 unspecified atom stereocenters. The number of benzene rings is 1. The Hall–Kier alpha value is -0.900. The van der Waals surface area contributed by atoms with E-state index in [0.29, 0.717) is 5.92 Å². The second kappa shape index (κ2) is 5.61. The van der Waals surface area contributed by atoms with Gasteiger partial charge in [0.1, 0.15) is 0 Å². The molecular formula is C16H22O3. The number of rotatable bonds is 3. The van der Waals surface area contributed by atoms with Crippen molar-refractivity contribution in [1.29, 1.82) is 0 Å². The highest BCUT2D eigenvalue weighted by Crippen LogP contribution is 2.39. The van der Waals surface area contributed by atoms with Crippen molar-refractivity contribution in [1.82, 2.24) is 0 Å². The number of ether oxygens (including phenoxy) is 2. The summed E-state index contributed by atoms with van der Waals surface area (Å²) >= 11 is 0. The van der Waals surface area contributed by atoms with Gasteiger partial charge >= 0.3 is 0 Å². The lowest BCUT2D eigenvalue weighted by atomic mass is 9.81. The molecule has 1 N–H and O–H groups in total. The first kappa shape index (κ1) is 13.1. The third kappa shape index (κ3) is 2.99. The number of hydrogen-bond acceptors (Lipinski definition) is 3. The quantitative estimate of drug-likeness (QED) is 0.910. The van der Waals surface area contributed by atoms with Crippen LogP contribution in [0.25, 0.3) is 0 Å². The van der Waals surface area contributed by atoms with Crippen LogP contribution in [0.3, 0.4) is 0 Å². The summed E-state index contributed by atoms with van der Waals surface area (Å²) < 4.78 is 11.4. The van der Waals surface area contributed by atoms with Gasteiger partial charge in [-0.3, -0.25) is 0 Å². The molecule has 1 aromatic carbocycles. The average Bonchev–Trinajstić information content (AvgIpc) is 2.88. The molecule has 19 heavy (non-hydrogen) atoms. The lowest BCUT2D eigenvalue weighted by molar-refractivity contribution is -0.103. The van der Waals surface area contributed by atoms with E-state index in [0.717, 1.165) is 51.1 Å². The van der Waals surface area contributed by atoms with Gasteiger partial charge in [0.25, 0.3) is 0 Å². The van der Waals surface area contributed by atoms with Crippen LogP contribution in [0.2, 0.25) is 0 Å². The van der Waals surface area contributed by atoms with E-state index in [1.165, 1.54) is 0 Å². The van der Waals surface area contributed by atoms with Crippen LogP contribution in [0.15, 0.2) is 30.3 Å². The van der Waals surface area contributed by atoms with Crippen molar-refractivity contribution in [3.63, 3.8) is 0 Å². The molecule has 2 aliphatic heterocycles. The van der Waals surface area contributed by atoms with E-state index >= 15 is 0 Å². The molecule has 0 radical (unpaired) electrons. The Bertz CT molecular complexity index is 398. The molecule has 0 saturated carbocycles. The molecule has 2 fully saturated rings. The predicted molar refractivity (Wildman–Crippen MR) is 72.9 cm³/mol. The molecule has 2 aliphatic rings. The highest BCUT2D eigenvalue weighted by Gasteiger charge is 2.41. The van der Waals surface area contributed by atoms with Gasteiger partial charge in [0.2, 0.25) is 0 Å². The minimum atomic E-state index is -0.358. The minimum absolute atomic E-state index is 0.0562. The van der Waals surface area contributed by atoms with Gasteiger partial charge in [0.15, 0.2) is 0 Å². The molecule has 1 spiro atoms. The van der Waals surface area contributed by atoms with E-state index < -0.39 is 0 Å². The Balaban J connectivity index is 1.60. The molecule has 0 aromatic heterocycles. The molecule has 3 heteroatoms. The van der Waals surface area contributed by atoms with E-state index in [2.05, 4.69) is 0 Å². The van der Waals surface area contributed by atoms with Crippen LogP contribution in [0.5, 0.6) is 0 Å². The smallest absolute Gasteiger partial charge is 0.0939 e. The molecule has 1 aromatic rings. The van der Waals surface area contributed by atoms with E-state index in [1.807, 2.05) is 30.3 Å². The number of hydrogen-bond donors (Lipinski definition) is 1. The Kier molecular flexibility index (Phi) is 3.87.